The van der Waals surface area contributed by atoms with Crippen LogP contribution in [-0.4, -0.2) is 28.6 Å². The molecule has 1 heterocycles. The molecule has 3 aromatic rings. The van der Waals surface area contributed by atoms with Crippen LogP contribution >= 0.6 is 0 Å². The summed E-state index contributed by atoms with van der Waals surface area (Å²) in [7, 11) is -5.45. The third kappa shape index (κ3) is 8.54. The number of aromatic nitrogens is 1. The van der Waals surface area contributed by atoms with Crippen LogP contribution in [0.3, 0.4) is 0 Å². The van der Waals surface area contributed by atoms with Gasteiger partial charge in [-0.3, -0.25) is 0 Å². The average Bonchev–Trinajstić information content (AvgIpc) is 3.19. The molecule has 1 nitrogen and oxygen atoms in total. The average molecular weight is 678 g/mol. The lowest BCUT2D eigenvalue weighted by molar-refractivity contribution is 0.649. The van der Waals surface area contributed by atoms with Crippen molar-refractivity contribution in [1.82, 2.24) is 4.23 Å². The fourth-order valence-electron chi connectivity index (χ4n) is 9.51. The lowest BCUT2D eigenvalue weighted by atomic mass is 10.1. The molecule has 0 saturated carbocycles. The number of hydrogen-bond acceptors (Lipinski definition) is 0. The number of nitrogens with zero attached hydrogens (tertiary/aromatic N) is 1. The molecular weight excluding hydrogens is 603 g/mol. The maximum Gasteiger partial charge on any atom is 0.161 e. The monoisotopic (exact) mass is 678 g/mol. The summed E-state index contributed by atoms with van der Waals surface area (Å²) in [5, 5.41) is 6.66. The minimum atomic E-state index is -1.97. The Morgan fingerprint density at radius 3 is 0.957 bits per heavy atom. The van der Waals surface area contributed by atoms with Gasteiger partial charge in [-0.1, -0.05) is 188 Å². The second-order valence-corrected chi connectivity index (χ2v) is 33.5. The molecule has 0 radical (unpaired) electrons. The molecule has 0 saturated heterocycles. The minimum absolute atomic E-state index is 0.239. The molecule has 2 aromatic carbocycles. The van der Waals surface area contributed by atoms with Crippen molar-refractivity contribution in [2.24, 2.45) is 35.5 Å². The van der Waals surface area contributed by atoms with Gasteiger partial charge in [0.15, 0.2) is 8.24 Å². The van der Waals surface area contributed by atoms with Crippen LogP contribution in [0.25, 0.3) is 21.8 Å². The second kappa shape index (κ2) is 14.8. The number of fused-ring (bicyclic) bond motifs is 3. The topological polar surface area (TPSA) is 4.93 Å². The lowest BCUT2D eigenvalue weighted by Gasteiger charge is -2.40. The summed E-state index contributed by atoms with van der Waals surface area (Å²) in [5.41, 5.74) is 3.07. The second-order valence-electron chi connectivity index (χ2n) is 19.8. The van der Waals surface area contributed by atoms with Crippen LogP contribution in [0, 0.1) is 35.5 Å². The number of hydrogen-bond donors (Lipinski definition) is 0. The van der Waals surface area contributed by atoms with E-state index in [4.69, 9.17) is 0 Å². The van der Waals surface area contributed by atoms with Crippen LogP contribution in [0.2, 0.25) is 54.4 Å². The SMILES string of the molecule is CC(C)C[Si](CC(C)C)(CC(C)C)c1ccc2c3ccc([Si](CC(C)C)(CC(C)C)CC(C)C)cc3n([Si](C)(C)C(C)(C)C)c2c1. The Balaban J connectivity index is 2.52. The van der Waals surface area contributed by atoms with Gasteiger partial charge in [-0.25, -0.2) is 0 Å². The summed E-state index contributed by atoms with van der Waals surface area (Å²) in [6.45, 7) is 42.4. The molecule has 0 aliphatic rings. The van der Waals surface area contributed by atoms with Gasteiger partial charge in [-0.15, -0.1) is 0 Å². The van der Waals surface area contributed by atoms with Crippen LogP contribution in [0.5, 0.6) is 0 Å². The van der Waals surface area contributed by atoms with Crippen LogP contribution in [0.1, 0.15) is 104 Å². The Morgan fingerprint density at radius 2 is 0.739 bits per heavy atom. The zero-order chi connectivity index (χ0) is 35.0. The van der Waals surface area contributed by atoms with Crippen molar-refractivity contribution in [2.75, 3.05) is 0 Å². The zero-order valence-corrected chi connectivity index (χ0v) is 36.6. The van der Waals surface area contributed by atoms with E-state index in [1.807, 2.05) is 0 Å². The van der Waals surface area contributed by atoms with E-state index in [9.17, 15) is 0 Å². The van der Waals surface area contributed by atoms with Gasteiger partial charge in [0.1, 0.15) is 0 Å². The maximum atomic E-state index is 2.96. The van der Waals surface area contributed by atoms with E-state index in [1.165, 1.54) is 58.1 Å². The highest BCUT2D eigenvalue weighted by molar-refractivity contribution is 6.93. The van der Waals surface area contributed by atoms with Crippen LogP contribution < -0.4 is 10.4 Å². The number of rotatable bonds is 15. The zero-order valence-electron chi connectivity index (χ0n) is 33.6. The molecule has 3 rings (SSSR count). The van der Waals surface area contributed by atoms with Crippen LogP contribution in [0.4, 0.5) is 0 Å². The molecule has 0 fully saturated rings. The fourth-order valence-corrected chi connectivity index (χ4v) is 25.3. The van der Waals surface area contributed by atoms with Crippen LogP contribution in [0.15, 0.2) is 36.4 Å². The fraction of sp³-hybridized carbons (Fsp3) is 0.714. The first-order valence-corrected chi connectivity index (χ1v) is 27.3. The predicted molar refractivity (Wildman–Crippen MR) is 221 cm³/mol. The highest BCUT2D eigenvalue weighted by Crippen LogP contribution is 2.43. The molecule has 46 heavy (non-hydrogen) atoms. The summed E-state index contributed by atoms with van der Waals surface area (Å²) < 4.78 is 2.96. The minimum Gasteiger partial charge on any atom is -0.368 e. The Kier molecular flexibility index (Phi) is 12.6. The highest BCUT2D eigenvalue weighted by atomic mass is 28.3. The van der Waals surface area contributed by atoms with Gasteiger partial charge < -0.3 is 4.23 Å². The van der Waals surface area contributed by atoms with Crippen molar-refractivity contribution in [3.05, 3.63) is 36.4 Å². The smallest absolute Gasteiger partial charge is 0.161 e. The normalized spacial score (nSPS) is 14.2. The third-order valence-corrected chi connectivity index (χ3v) is 29.1. The van der Waals surface area contributed by atoms with Gasteiger partial charge in [-0.2, -0.15) is 0 Å². The summed E-state index contributed by atoms with van der Waals surface area (Å²) >= 11 is 0. The van der Waals surface area contributed by atoms with Gasteiger partial charge in [0, 0.05) is 21.8 Å². The van der Waals surface area contributed by atoms with E-state index in [0.717, 1.165) is 35.5 Å². The Labute approximate surface area is 289 Å². The first kappa shape index (κ1) is 39.3. The molecule has 4 heteroatoms. The van der Waals surface area contributed by atoms with E-state index in [2.05, 4.69) is 158 Å². The molecule has 0 unspecified atom stereocenters. The predicted octanol–water partition coefficient (Wildman–Crippen LogP) is 12.9. The Morgan fingerprint density at radius 1 is 0.478 bits per heavy atom. The van der Waals surface area contributed by atoms with Crippen molar-refractivity contribution < 1.29 is 0 Å². The summed E-state index contributed by atoms with van der Waals surface area (Å²) in [5.74, 6) is 4.39. The molecular formula is C42H75NSi3. The van der Waals surface area contributed by atoms with Gasteiger partial charge in [0.2, 0.25) is 0 Å². The van der Waals surface area contributed by atoms with Crippen LogP contribution in [-0.2, 0) is 0 Å². The summed E-state index contributed by atoms with van der Waals surface area (Å²) in [6.07, 6.45) is 0. The molecule has 0 aliphatic heterocycles. The van der Waals surface area contributed by atoms with Gasteiger partial charge >= 0.3 is 0 Å². The van der Waals surface area contributed by atoms with Crippen molar-refractivity contribution >= 4 is 56.6 Å². The molecule has 0 spiro atoms. The summed E-state index contributed by atoms with van der Waals surface area (Å²) in [6, 6.07) is 24.3. The molecule has 0 aliphatic carbocycles. The molecule has 0 atom stereocenters. The quantitative estimate of drug-likeness (QED) is 0.141. The molecule has 1 aromatic heterocycles. The van der Waals surface area contributed by atoms with E-state index in [0.29, 0.717) is 0 Å². The molecule has 0 bridgehead atoms. The van der Waals surface area contributed by atoms with E-state index in [-0.39, 0.29) is 5.04 Å². The van der Waals surface area contributed by atoms with Gasteiger partial charge in [-0.05, 0) is 52.7 Å². The maximum absolute atomic E-state index is 2.96. The van der Waals surface area contributed by atoms with E-state index >= 15 is 0 Å². The standard InChI is InChI=1S/C42H75NSi3/c1-30(2)24-45(25-31(3)4,26-32(5)6)36-18-20-38-39-21-19-37(46(27-33(7)8,28-34(9)10)29-35(11)12)23-41(39)43(40(38)22-36)44(16,17)42(13,14)15/h18-23,30-35H,24-29H2,1-17H3. The van der Waals surface area contributed by atoms with Crippen molar-refractivity contribution in [2.45, 2.75) is 158 Å². The van der Waals surface area contributed by atoms with E-state index in [1.54, 1.807) is 10.4 Å². The van der Waals surface area contributed by atoms with Crippen molar-refractivity contribution in [3.63, 3.8) is 0 Å². The molecule has 0 N–H and O–H groups in total. The Hall–Kier alpha value is -1.11. The first-order chi connectivity index (χ1) is 21.0. The molecule has 0 amide bonds. The van der Waals surface area contributed by atoms with Crippen molar-refractivity contribution in [3.8, 4) is 0 Å². The third-order valence-electron chi connectivity index (χ3n) is 11.2. The first-order valence-electron chi connectivity index (χ1n) is 19.1. The highest BCUT2D eigenvalue weighted by Gasteiger charge is 2.42. The van der Waals surface area contributed by atoms with Gasteiger partial charge in [0.05, 0.1) is 16.1 Å². The lowest BCUT2D eigenvalue weighted by Crippen LogP contribution is -2.51. The largest absolute Gasteiger partial charge is 0.368 e. The molecule has 260 valence electrons. The number of benzene rings is 2. The van der Waals surface area contributed by atoms with Gasteiger partial charge in [0.25, 0.3) is 0 Å². The summed E-state index contributed by atoms with van der Waals surface area (Å²) in [4.78, 5) is 0. The van der Waals surface area contributed by atoms with Crippen molar-refractivity contribution in [1.29, 1.82) is 0 Å². The van der Waals surface area contributed by atoms with E-state index < -0.39 is 24.4 Å². The Bertz CT molecular complexity index is 1280.